The van der Waals surface area contributed by atoms with Crippen molar-refractivity contribution in [2.45, 2.75) is 45.8 Å². The van der Waals surface area contributed by atoms with E-state index in [2.05, 4.69) is 42.4 Å². The van der Waals surface area contributed by atoms with Gasteiger partial charge in [-0.15, -0.1) is 11.3 Å². The minimum Gasteiger partial charge on any atom is -0.344 e. The average Bonchev–Trinajstić information content (AvgIpc) is 2.99. The highest BCUT2D eigenvalue weighted by molar-refractivity contribution is 8.14. The van der Waals surface area contributed by atoms with Crippen molar-refractivity contribution in [3.63, 3.8) is 0 Å². The zero-order chi connectivity index (χ0) is 15.4. The Balaban J connectivity index is 1.91. The highest BCUT2D eigenvalue weighted by atomic mass is 32.2. The Kier molecular flexibility index (Phi) is 5.84. The van der Waals surface area contributed by atoms with Crippen LogP contribution in [0.25, 0.3) is 0 Å². The first kappa shape index (κ1) is 16.5. The van der Waals surface area contributed by atoms with Crippen LogP contribution in [-0.4, -0.2) is 40.3 Å². The topological polar surface area (TPSA) is 49.4 Å². The second-order valence-corrected chi connectivity index (χ2v) is 7.70. The molecule has 1 aromatic heterocycles. The van der Waals surface area contributed by atoms with Gasteiger partial charge in [-0.2, -0.15) is 0 Å². The first-order valence-electron chi connectivity index (χ1n) is 7.20. The molecule has 0 aliphatic carbocycles. The SMILES string of the molecule is Cc1ccsc1CN(CC(=O)N[C@H]1CCSC1=O)C(C)C. The Hall–Kier alpha value is -0.850. The molecule has 1 aliphatic heterocycles. The van der Waals surface area contributed by atoms with Gasteiger partial charge in [-0.3, -0.25) is 14.5 Å². The van der Waals surface area contributed by atoms with Crippen molar-refractivity contribution in [1.82, 2.24) is 10.2 Å². The van der Waals surface area contributed by atoms with Crippen molar-refractivity contribution in [2.75, 3.05) is 12.3 Å². The molecule has 1 atom stereocenters. The summed E-state index contributed by atoms with van der Waals surface area (Å²) in [7, 11) is 0. The van der Waals surface area contributed by atoms with Gasteiger partial charge in [0.2, 0.25) is 11.0 Å². The van der Waals surface area contributed by atoms with Crippen LogP contribution in [0.3, 0.4) is 0 Å². The summed E-state index contributed by atoms with van der Waals surface area (Å²) < 4.78 is 0. The van der Waals surface area contributed by atoms with Crippen molar-refractivity contribution in [1.29, 1.82) is 0 Å². The van der Waals surface area contributed by atoms with Crippen molar-refractivity contribution < 1.29 is 9.59 Å². The largest absolute Gasteiger partial charge is 0.344 e. The number of hydrogen-bond donors (Lipinski definition) is 1. The molecule has 0 aromatic carbocycles. The van der Waals surface area contributed by atoms with Gasteiger partial charge >= 0.3 is 0 Å². The minimum atomic E-state index is -0.292. The van der Waals surface area contributed by atoms with Crippen LogP contribution in [0.1, 0.15) is 30.7 Å². The summed E-state index contributed by atoms with van der Waals surface area (Å²) in [6.07, 6.45) is 0.751. The lowest BCUT2D eigenvalue weighted by Gasteiger charge is -2.26. The molecule has 1 aromatic rings. The fourth-order valence-corrected chi connectivity index (χ4v) is 4.09. The highest BCUT2D eigenvalue weighted by Crippen LogP contribution is 2.20. The second kappa shape index (κ2) is 7.42. The van der Waals surface area contributed by atoms with Crippen LogP contribution in [0.4, 0.5) is 0 Å². The molecule has 0 unspecified atom stereocenters. The van der Waals surface area contributed by atoms with Crippen molar-refractivity contribution in [3.05, 3.63) is 21.9 Å². The van der Waals surface area contributed by atoms with Gasteiger partial charge in [0.25, 0.3) is 0 Å². The van der Waals surface area contributed by atoms with E-state index in [1.807, 2.05) is 0 Å². The zero-order valence-electron chi connectivity index (χ0n) is 12.7. The summed E-state index contributed by atoms with van der Waals surface area (Å²) in [4.78, 5) is 27.2. The number of carbonyl (C=O) groups excluding carboxylic acids is 2. The zero-order valence-corrected chi connectivity index (χ0v) is 14.4. The molecule has 116 valence electrons. The second-order valence-electron chi connectivity index (χ2n) is 5.60. The van der Waals surface area contributed by atoms with Gasteiger partial charge in [0, 0.05) is 23.2 Å². The van der Waals surface area contributed by atoms with E-state index in [-0.39, 0.29) is 23.1 Å². The molecule has 1 aliphatic rings. The Bertz CT molecular complexity index is 514. The Morgan fingerprint density at radius 2 is 2.29 bits per heavy atom. The predicted molar refractivity (Wildman–Crippen MR) is 88.6 cm³/mol. The molecule has 0 spiro atoms. The Morgan fingerprint density at radius 3 is 2.81 bits per heavy atom. The quantitative estimate of drug-likeness (QED) is 0.872. The van der Waals surface area contributed by atoms with Crippen LogP contribution >= 0.6 is 23.1 Å². The van der Waals surface area contributed by atoms with Crippen LogP contribution in [0.15, 0.2) is 11.4 Å². The van der Waals surface area contributed by atoms with Gasteiger partial charge < -0.3 is 5.32 Å². The number of nitrogens with one attached hydrogen (secondary N) is 1. The molecule has 1 fully saturated rings. The van der Waals surface area contributed by atoms with E-state index in [0.29, 0.717) is 6.54 Å². The van der Waals surface area contributed by atoms with Crippen molar-refractivity contribution >= 4 is 34.1 Å². The normalized spacial score (nSPS) is 18.7. The Labute approximate surface area is 134 Å². The maximum atomic E-state index is 12.2. The molecule has 0 saturated carbocycles. The van der Waals surface area contributed by atoms with Gasteiger partial charge in [-0.05, 0) is 44.2 Å². The Morgan fingerprint density at radius 1 is 1.52 bits per heavy atom. The molecular weight excluding hydrogens is 304 g/mol. The van der Waals surface area contributed by atoms with Gasteiger partial charge in [0.15, 0.2) is 0 Å². The summed E-state index contributed by atoms with van der Waals surface area (Å²) in [5, 5.41) is 5.03. The van der Waals surface area contributed by atoms with Crippen molar-refractivity contribution in [3.8, 4) is 0 Å². The van der Waals surface area contributed by atoms with E-state index in [0.717, 1.165) is 18.7 Å². The van der Waals surface area contributed by atoms with Gasteiger partial charge in [-0.1, -0.05) is 11.8 Å². The van der Waals surface area contributed by atoms with Crippen molar-refractivity contribution in [2.24, 2.45) is 0 Å². The lowest BCUT2D eigenvalue weighted by Crippen LogP contribution is -2.45. The number of carbonyl (C=O) groups is 2. The van der Waals surface area contributed by atoms with Gasteiger partial charge in [0.05, 0.1) is 12.6 Å². The molecule has 6 heteroatoms. The van der Waals surface area contributed by atoms with Crippen LogP contribution in [0.2, 0.25) is 0 Å². The molecule has 0 radical (unpaired) electrons. The van der Waals surface area contributed by atoms with E-state index < -0.39 is 0 Å². The van der Waals surface area contributed by atoms with Crippen LogP contribution < -0.4 is 5.32 Å². The number of thiophene rings is 1. The maximum absolute atomic E-state index is 12.2. The first-order valence-corrected chi connectivity index (χ1v) is 9.07. The average molecular weight is 326 g/mol. The number of aryl methyl sites for hydroxylation is 1. The predicted octanol–water partition coefficient (Wildman–Crippen LogP) is 2.42. The third-order valence-corrected chi connectivity index (χ3v) is 5.68. The smallest absolute Gasteiger partial charge is 0.234 e. The van der Waals surface area contributed by atoms with Crippen LogP contribution in [0, 0.1) is 6.92 Å². The van der Waals surface area contributed by atoms with E-state index in [1.165, 1.54) is 22.2 Å². The van der Waals surface area contributed by atoms with E-state index in [1.54, 1.807) is 11.3 Å². The first-order chi connectivity index (χ1) is 9.97. The molecule has 2 rings (SSSR count). The fourth-order valence-electron chi connectivity index (χ4n) is 2.22. The lowest BCUT2D eigenvalue weighted by atomic mass is 10.2. The van der Waals surface area contributed by atoms with Gasteiger partial charge in [0.1, 0.15) is 0 Å². The summed E-state index contributed by atoms with van der Waals surface area (Å²) in [6, 6.07) is 2.10. The van der Waals surface area contributed by atoms with E-state index in [9.17, 15) is 9.59 Å². The molecule has 1 N–H and O–H groups in total. The number of rotatable bonds is 6. The fraction of sp³-hybridized carbons (Fsp3) is 0.600. The summed E-state index contributed by atoms with van der Waals surface area (Å²) in [5.41, 5.74) is 1.27. The highest BCUT2D eigenvalue weighted by Gasteiger charge is 2.27. The van der Waals surface area contributed by atoms with Crippen LogP contribution in [-0.2, 0) is 16.1 Å². The summed E-state index contributed by atoms with van der Waals surface area (Å²) >= 11 is 3.04. The van der Waals surface area contributed by atoms with Crippen LogP contribution in [0.5, 0.6) is 0 Å². The van der Waals surface area contributed by atoms with E-state index in [4.69, 9.17) is 0 Å². The molecule has 1 amide bonds. The molecular formula is C15H22N2O2S2. The maximum Gasteiger partial charge on any atom is 0.234 e. The molecule has 0 bridgehead atoms. The minimum absolute atomic E-state index is 0.0567. The molecule has 2 heterocycles. The molecule has 1 saturated heterocycles. The number of thioether (sulfide) groups is 1. The monoisotopic (exact) mass is 326 g/mol. The third kappa shape index (κ3) is 4.56. The third-order valence-electron chi connectivity index (χ3n) is 3.66. The number of amides is 1. The number of nitrogens with zero attached hydrogens (tertiary/aromatic N) is 1. The summed E-state index contributed by atoms with van der Waals surface area (Å²) in [5.74, 6) is 0.755. The van der Waals surface area contributed by atoms with E-state index >= 15 is 0 Å². The van der Waals surface area contributed by atoms with Gasteiger partial charge in [-0.25, -0.2) is 0 Å². The molecule has 4 nitrogen and oxygen atoms in total. The molecule has 21 heavy (non-hydrogen) atoms. The number of hydrogen-bond acceptors (Lipinski definition) is 5. The summed E-state index contributed by atoms with van der Waals surface area (Å²) in [6.45, 7) is 7.39. The lowest BCUT2D eigenvalue weighted by molar-refractivity contribution is -0.126. The standard InChI is InChI=1S/C15H22N2O2S2/c1-10(2)17(8-13-11(3)4-6-20-13)9-14(18)16-12-5-7-21-15(12)19/h4,6,10,12H,5,7-9H2,1-3H3,(H,16,18)/t12-/m0/s1.